The lowest BCUT2D eigenvalue weighted by Gasteiger charge is -2.04. The average Bonchev–Trinajstić information content (AvgIpc) is 2.05. The van der Waals surface area contributed by atoms with E-state index in [2.05, 4.69) is 24.0 Å². The quantitative estimate of drug-likeness (QED) is 0.621. The molecule has 54 valence electrons. The zero-order valence-corrected chi connectivity index (χ0v) is 6.41. The number of rotatable bonds is 2. The van der Waals surface area contributed by atoms with Crippen LogP contribution in [0.25, 0.3) is 0 Å². The highest BCUT2D eigenvalue weighted by molar-refractivity contribution is 5.04. The summed E-state index contributed by atoms with van der Waals surface area (Å²) in [5.74, 6) is 0.536. The summed E-state index contributed by atoms with van der Waals surface area (Å²) in [6.07, 6.45) is 2.82. The molecule has 0 saturated heterocycles. The molecule has 0 fully saturated rings. The minimum absolute atomic E-state index is 0.536. The Bertz CT molecular complexity index is 184. The third kappa shape index (κ3) is 1.53. The molecule has 1 rings (SSSR count). The van der Waals surface area contributed by atoms with Gasteiger partial charge in [0.15, 0.2) is 0 Å². The first-order valence-corrected chi connectivity index (χ1v) is 3.62. The fourth-order valence-electron chi connectivity index (χ4n) is 0.785. The van der Waals surface area contributed by atoms with Crippen molar-refractivity contribution in [3.05, 3.63) is 24.0 Å². The van der Waals surface area contributed by atoms with Crippen LogP contribution in [0.5, 0.6) is 0 Å². The van der Waals surface area contributed by atoms with Gasteiger partial charge < -0.3 is 0 Å². The van der Waals surface area contributed by atoms with Gasteiger partial charge in [0.2, 0.25) is 0 Å². The van der Waals surface area contributed by atoms with Gasteiger partial charge in [0.05, 0.1) is 5.69 Å². The van der Waals surface area contributed by atoms with Crippen molar-refractivity contribution < 1.29 is 0 Å². The maximum Gasteiger partial charge on any atom is 0.0659 e. The van der Waals surface area contributed by atoms with E-state index < -0.39 is 0 Å². The first-order chi connectivity index (χ1) is 4.84. The van der Waals surface area contributed by atoms with Crippen molar-refractivity contribution in [2.24, 2.45) is 0 Å². The molecule has 0 aliphatic rings. The second-order valence-electron chi connectivity index (χ2n) is 2.46. The molecule has 1 aromatic rings. The summed E-state index contributed by atoms with van der Waals surface area (Å²) in [6.45, 7) is 4.31. The molecule has 0 radical (unpaired) electrons. The van der Waals surface area contributed by atoms with Crippen LogP contribution < -0.4 is 0 Å². The van der Waals surface area contributed by atoms with Crippen LogP contribution in [0, 0.1) is 0 Å². The third-order valence-corrected chi connectivity index (χ3v) is 1.71. The zero-order chi connectivity index (χ0) is 7.40. The fraction of sp³-hybridized carbons (Fsp3) is 0.500. The summed E-state index contributed by atoms with van der Waals surface area (Å²) in [7, 11) is 0. The second kappa shape index (κ2) is 3.30. The smallest absolute Gasteiger partial charge is 0.0659 e. The Kier molecular flexibility index (Phi) is 2.37. The van der Waals surface area contributed by atoms with E-state index in [1.165, 1.54) is 0 Å². The van der Waals surface area contributed by atoms with Crippen molar-refractivity contribution in [1.82, 2.24) is 10.2 Å². The van der Waals surface area contributed by atoms with Gasteiger partial charge in [-0.15, -0.1) is 0 Å². The van der Waals surface area contributed by atoms with Crippen LogP contribution in [0.4, 0.5) is 0 Å². The average molecular weight is 136 g/mol. The molecule has 1 aromatic heterocycles. The van der Waals surface area contributed by atoms with Gasteiger partial charge in [-0.1, -0.05) is 13.8 Å². The first-order valence-electron chi connectivity index (χ1n) is 3.62. The number of hydrogen-bond donors (Lipinski definition) is 0. The summed E-state index contributed by atoms with van der Waals surface area (Å²) in [4.78, 5) is 0. The zero-order valence-electron chi connectivity index (χ0n) is 6.41. The van der Waals surface area contributed by atoms with Crippen LogP contribution in [0.15, 0.2) is 18.3 Å². The molecule has 1 unspecified atom stereocenters. The summed E-state index contributed by atoms with van der Waals surface area (Å²) in [5.41, 5.74) is 1.09. The number of hydrogen-bond acceptors (Lipinski definition) is 2. The summed E-state index contributed by atoms with van der Waals surface area (Å²) < 4.78 is 0. The van der Waals surface area contributed by atoms with E-state index >= 15 is 0 Å². The number of nitrogens with zero attached hydrogens (tertiary/aromatic N) is 2. The van der Waals surface area contributed by atoms with Crippen LogP contribution in [0.1, 0.15) is 31.9 Å². The lowest BCUT2D eigenvalue weighted by atomic mass is 10.1. The van der Waals surface area contributed by atoms with Crippen LogP contribution in [-0.4, -0.2) is 10.2 Å². The van der Waals surface area contributed by atoms with E-state index in [9.17, 15) is 0 Å². The van der Waals surface area contributed by atoms with E-state index in [-0.39, 0.29) is 0 Å². The maximum atomic E-state index is 4.00. The minimum atomic E-state index is 0.536. The number of aromatic nitrogens is 2. The first kappa shape index (κ1) is 7.19. The predicted octanol–water partition coefficient (Wildman–Crippen LogP) is 1.99. The Balaban J connectivity index is 2.75. The molecule has 1 heterocycles. The molecule has 0 saturated carbocycles. The molecule has 0 aliphatic carbocycles. The standard InChI is InChI=1S/C8H12N2/c1-3-7(2)8-5-4-6-9-10-8/h4-7H,3H2,1-2H3. The van der Waals surface area contributed by atoms with E-state index in [0.29, 0.717) is 5.92 Å². The third-order valence-electron chi connectivity index (χ3n) is 1.71. The highest BCUT2D eigenvalue weighted by Crippen LogP contribution is 2.13. The van der Waals surface area contributed by atoms with Gasteiger partial charge in [-0.25, -0.2) is 0 Å². The van der Waals surface area contributed by atoms with Crippen LogP contribution in [-0.2, 0) is 0 Å². The van der Waals surface area contributed by atoms with Gasteiger partial charge in [-0.05, 0) is 24.5 Å². The maximum absolute atomic E-state index is 4.00. The minimum Gasteiger partial charge on any atom is -0.159 e. The Labute approximate surface area is 61.3 Å². The second-order valence-corrected chi connectivity index (χ2v) is 2.46. The molecule has 2 heteroatoms. The molecule has 10 heavy (non-hydrogen) atoms. The van der Waals surface area contributed by atoms with Crippen molar-refractivity contribution in [2.75, 3.05) is 0 Å². The normalized spacial score (nSPS) is 13.0. The summed E-state index contributed by atoms with van der Waals surface area (Å²) >= 11 is 0. The van der Waals surface area contributed by atoms with Gasteiger partial charge in [0.1, 0.15) is 0 Å². The van der Waals surface area contributed by atoms with Gasteiger partial charge in [-0.3, -0.25) is 0 Å². The lowest BCUT2D eigenvalue weighted by molar-refractivity contribution is 0.690. The largest absolute Gasteiger partial charge is 0.159 e. The Hall–Kier alpha value is -0.920. The molecule has 0 spiro atoms. The van der Waals surface area contributed by atoms with Crippen molar-refractivity contribution in [3.63, 3.8) is 0 Å². The van der Waals surface area contributed by atoms with Crippen molar-refractivity contribution >= 4 is 0 Å². The molecular weight excluding hydrogens is 124 g/mol. The van der Waals surface area contributed by atoms with Gasteiger partial charge >= 0.3 is 0 Å². The molecule has 0 bridgehead atoms. The molecule has 2 nitrogen and oxygen atoms in total. The van der Waals surface area contributed by atoms with Crippen LogP contribution >= 0.6 is 0 Å². The van der Waals surface area contributed by atoms with Crippen molar-refractivity contribution in [3.8, 4) is 0 Å². The molecule has 0 aromatic carbocycles. The van der Waals surface area contributed by atoms with Crippen LogP contribution in [0.3, 0.4) is 0 Å². The Morgan fingerprint density at radius 1 is 1.60 bits per heavy atom. The molecule has 0 amide bonds. The Morgan fingerprint density at radius 3 is 2.90 bits per heavy atom. The van der Waals surface area contributed by atoms with Gasteiger partial charge in [-0.2, -0.15) is 10.2 Å². The highest BCUT2D eigenvalue weighted by Gasteiger charge is 2.01. The fourth-order valence-corrected chi connectivity index (χ4v) is 0.785. The van der Waals surface area contributed by atoms with E-state index in [1.807, 2.05) is 12.1 Å². The highest BCUT2D eigenvalue weighted by atomic mass is 15.1. The van der Waals surface area contributed by atoms with E-state index in [4.69, 9.17) is 0 Å². The predicted molar refractivity (Wildman–Crippen MR) is 40.7 cm³/mol. The SMILES string of the molecule is CCC(C)c1cccnn1. The summed E-state index contributed by atoms with van der Waals surface area (Å²) in [5, 5.41) is 7.80. The monoisotopic (exact) mass is 136 g/mol. The molecule has 0 aliphatic heterocycles. The topological polar surface area (TPSA) is 25.8 Å². The van der Waals surface area contributed by atoms with E-state index in [0.717, 1.165) is 12.1 Å². The Morgan fingerprint density at radius 2 is 2.40 bits per heavy atom. The van der Waals surface area contributed by atoms with Crippen molar-refractivity contribution in [1.29, 1.82) is 0 Å². The molecule has 1 atom stereocenters. The molecular formula is C8H12N2. The lowest BCUT2D eigenvalue weighted by Crippen LogP contribution is -1.95. The molecule has 0 N–H and O–H groups in total. The summed E-state index contributed by atoms with van der Waals surface area (Å²) in [6, 6.07) is 3.94. The van der Waals surface area contributed by atoms with Gasteiger partial charge in [0, 0.05) is 6.20 Å². The van der Waals surface area contributed by atoms with Crippen LogP contribution in [0.2, 0.25) is 0 Å². The van der Waals surface area contributed by atoms with Gasteiger partial charge in [0.25, 0.3) is 0 Å². The van der Waals surface area contributed by atoms with E-state index in [1.54, 1.807) is 6.20 Å². The van der Waals surface area contributed by atoms with Crippen molar-refractivity contribution in [2.45, 2.75) is 26.2 Å².